The van der Waals surface area contributed by atoms with Crippen molar-refractivity contribution in [3.8, 4) is 0 Å². The lowest BCUT2D eigenvalue weighted by Crippen LogP contribution is -2.58. The van der Waals surface area contributed by atoms with Gasteiger partial charge in [-0.3, -0.25) is 0 Å². The fourth-order valence-electron chi connectivity index (χ4n) is 6.13. The van der Waals surface area contributed by atoms with Crippen LogP contribution in [0.15, 0.2) is 24.3 Å². The molecule has 1 aromatic rings. The summed E-state index contributed by atoms with van der Waals surface area (Å²) < 4.78 is 5.24. The first-order chi connectivity index (χ1) is 12.8. The largest absolute Gasteiger partial charge is 0.385 e. The lowest BCUT2D eigenvalue weighted by Gasteiger charge is -2.52. The summed E-state index contributed by atoms with van der Waals surface area (Å²) in [6.45, 7) is 5.75. The van der Waals surface area contributed by atoms with Gasteiger partial charge in [0.1, 0.15) is 0 Å². The highest BCUT2D eigenvalue weighted by Crippen LogP contribution is 2.50. The number of piperidine rings is 1. The molecule has 2 fully saturated rings. The van der Waals surface area contributed by atoms with Gasteiger partial charge in [0, 0.05) is 32.3 Å². The molecular weight excluding hydrogens is 320 g/mol. The second-order valence-corrected chi connectivity index (χ2v) is 8.65. The van der Waals surface area contributed by atoms with Gasteiger partial charge < -0.3 is 15.0 Å². The fraction of sp³-hybridized carbons (Fsp3) is 0.739. The number of hydrogen-bond donors (Lipinski definition) is 1. The van der Waals surface area contributed by atoms with Crippen molar-refractivity contribution in [2.75, 3.05) is 39.9 Å². The lowest BCUT2D eigenvalue weighted by atomic mass is 9.63. The van der Waals surface area contributed by atoms with Gasteiger partial charge in [-0.15, -0.1) is 0 Å². The zero-order chi connectivity index (χ0) is 17.8. The maximum absolute atomic E-state index is 5.24. The number of benzene rings is 1. The highest BCUT2D eigenvalue weighted by Gasteiger charge is 2.49. The van der Waals surface area contributed by atoms with Crippen LogP contribution in [0.5, 0.6) is 0 Å². The predicted octanol–water partition coefficient (Wildman–Crippen LogP) is 3.97. The minimum absolute atomic E-state index is 0.240. The topological polar surface area (TPSA) is 24.5 Å². The van der Waals surface area contributed by atoms with Crippen molar-refractivity contribution >= 4 is 0 Å². The van der Waals surface area contributed by atoms with Crippen LogP contribution in [-0.4, -0.2) is 44.8 Å². The van der Waals surface area contributed by atoms with Crippen LogP contribution >= 0.6 is 0 Å². The van der Waals surface area contributed by atoms with E-state index in [2.05, 4.69) is 34.5 Å². The van der Waals surface area contributed by atoms with Crippen LogP contribution in [-0.2, 0) is 16.7 Å². The SMILES string of the molecule is COCCCN1CCC(C2(C3CCCC3)NCCc3ccccc32)CC1. The molecule has 144 valence electrons. The van der Waals surface area contributed by atoms with E-state index in [1.807, 2.05) is 7.11 Å². The molecule has 3 nitrogen and oxygen atoms in total. The summed E-state index contributed by atoms with van der Waals surface area (Å²) >= 11 is 0. The molecule has 0 spiro atoms. The van der Waals surface area contributed by atoms with Crippen molar-refractivity contribution in [3.63, 3.8) is 0 Å². The molecule has 26 heavy (non-hydrogen) atoms. The number of likely N-dealkylation sites (tertiary alicyclic amines) is 1. The van der Waals surface area contributed by atoms with Gasteiger partial charge in [0.2, 0.25) is 0 Å². The summed E-state index contributed by atoms with van der Waals surface area (Å²) in [5, 5.41) is 4.13. The molecule has 1 aliphatic carbocycles. The minimum atomic E-state index is 0.240. The van der Waals surface area contributed by atoms with E-state index in [1.165, 1.54) is 64.6 Å². The molecule has 1 aromatic carbocycles. The summed E-state index contributed by atoms with van der Waals surface area (Å²) in [5.74, 6) is 1.61. The Morgan fingerprint density at radius 3 is 2.58 bits per heavy atom. The van der Waals surface area contributed by atoms with E-state index in [0.717, 1.165) is 31.4 Å². The Bertz CT molecular complexity index is 575. The first-order valence-electron chi connectivity index (χ1n) is 10.9. The van der Waals surface area contributed by atoms with Crippen molar-refractivity contribution in [1.82, 2.24) is 10.2 Å². The summed E-state index contributed by atoms with van der Waals surface area (Å²) in [4.78, 5) is 2.66. The smallest absolute Gasteiger partial charge is 0.0495 e. The molecule has 0 bridgehead atoms. The van der Waals surface area contributed by atoms with E-state index in [0.29, 0.717) is 0 Å². The molecule has 1 N–H and O–H groups in total. The van der Waals surface area contributed by atoms with Crippen LogP contribution in [0.1, 0.15) is 56.1 Å². The summed E-state index contributed by atoms with van der Waals surface area (Å²) in [6.07, 6.45) is 10.7. The molecule has 2 aliphatic heterocycles. The summed E-state index contributed by atoms with van der Waals surface area (Å²) in [6, 6.07) is 9.35. The fourth-order valence-corrected chi connectivity index (χ4v) is 6.13. The number of nitrogens with zero attached hydrogens (tertiary/aromatic N) is 1. The highest BCUT2D eigenvalue weighted by molar-refractivity contribution is 5.38. The Morgan fingerprint density at radius 1 is 1.08 bits per heavy atom. The van der Waals surface area contributed by atoms with Gasteiger partial charge in [0.15, 0.2) is 0 Å². The van der Waals surface area contributed by atoms with Gasteiger partial charge in [0.25, 0.3) is 0 Å². The molecule has 0 amide bonds. The van der Waals surface area contributed by atoms with Crippen LogP contribution in [0.3, 0.4) is 0 Å². The normalized spacial score (nSPS) is 28.3. The molecule has 1 saturated carbocycles. The van der Waals surface area contributed by atoms with E-state index in [1.54, 1.807) is 11.1 Å². The van der Waals surface area contributed by atoms with E-state index in [9.17, 15) is 0 Å². The van der Waals surface area contributed by atoms with Gasteiger partial charge in [-0.1, -0.05) is 37.1 Å². The van der Waals surface area contributed by atoms with Crippen LogP contribution in [0, 0.1) is 11.8 Å². The predicted molar refractivity (Wildman–Crippen MR) is 107 cm³/mol. The minimum Gasteiger partial charge on any atom is -0.385 e. The Morgan fingerprint density at radius 2 is 1.81 bits per heavy atom. The zero-order valence-electron chi connectivity index (χ0n) is 16.5. The second-order valence-electron chi connectivity index (χ2n) is 8.65. The maximum Gasteiger partial charge on any atom is 0.0495 e. The molecule has 4 rings (SSSR count). The standard InChI is InChI=1S/C23H36N2O/c1-26-18-6-15-25-16-12-21(13-17-25)23(20-8-3-4-9-20)22-10-5-2-7-19(22)11-14-24-23/h2,5,7,10,20-21,24H,3-4,6,8-9,11-18H2,1H3. The van der Waals surface area contributed by atoms with E-state index in [4.69, 9.17) is 4.74 Å². The molecule has 1 atom stereocenters. The highest BCUT2D eigenvalue weighted by atomic mass is 16.5. The quantitative estimate of drug-likeness (QED) is 0.781. The molecule has 1 unspecified atom stereocenters. The molecule has 1 saturated heterocycles. The van der Waals surface area contributed by atoms with E-state index in [-0.39, 0.29) is 5.54 Å². The Hall–Kier alpha value is -0.900. The first-order valence-corrected chi connectivity index (χ1v) is 10.9. The number of hydrogen-bond acceptors (Lipinski definition) is 3. The molecule has 2 heterocycles. The number of nitrogens with one attached hydrogen (secondary N) is 1. The van der Waals surface area contributed by atoms with Gasteiger partial charge in [0.05, 0.1) is 0 Å². The van der Waals surface area contributed by atoms with Crippen LogP contribution in [0.25, 0.3) is 0 Å². The number of methoxy groups -OCH3 is 1. The number of fused-ring (bicyclic) bond motifs is 1. The average molecular weight is 357 g/mol. The van der Waals surface area contributed by atoms with Crippen molar-refractivity contribution < 1.29 is 4.74 Å². The number of rotatable bonds is 6. The number of ether oxygens (including phenoxy) is 1. The Labute approximate surface area is 159 Å². The summed E-state index contributed by atoms with van der Waals surface area (Å²) in [5.41, 5.74) is 3.50. The second kappa shape index (κ2) is 8.41. The van der Waals surface area contributed by atoms with Crippen LogP contribution in [0.4, 0.5) is 0 Å². The van der Waals surface area contributed by atoms with E-state index >= 15 is 0 Å². The lowest BCUT2D eigenvalue weighted by molar-refractivity contribution is 0.0529. The van der Waals surface area contributed by atoms with Crippen molar-refractivity contribution in [2.45, 2.75) is 56.9 Å². The maximum atomic E-state index is 5.24. The van der Waals surface area contributed by atoms with Crippen molar-refractivity contribution in [3.05, 3.63) is 35.4 Å². The third kappa shape index (κ3) is 3.46. The van der Waals surface area contributed by atoms with Crippen molar-refractivity contribution in [2.24, 2.45) is 11.8 Å². The average Bonchev–Trinajstić information content (AvgIpc) is 3.23. The molecule has 3 heteroatoms. The van der Waals surface area contributed by atoms with Gasteiger partial charge in [-0.2, -0.15) is 0 Å². The first kappa shape index (κ1) is 18.5. The molecule has 3 aliphatic rings. The van der Waals surface area contributed by atoms with Crippen LogP contribution < -0.4 is 5.32 Å². The third-order valence-corrected chi connectivity index (χ3v) is 7.33. The van der Waals surface area contributed by atoms with Gasteiger partial charge in [-0.05, 0) is 74.6 Å². The molecule has 0 radical (unpaired) electrons. The van der Waals surface area contributed by atoms with E-state index < -0.39 is 0 Å². The Kier molecular flexibility index (Phi) is 5.97. The van der Waals surface area contributed by atoms with Gasteiger partial charge >= 0.3 is 0 Å². The third-order valence-electron chi connectivity index (χ3n) is 7.33. The monoisotopic (exact) mass is 356 g/mol. The summed E-state index contributed by atoms with van der Waals surface area (Å²) in [7, 11) is 1.81. The zero-order valence-corrected chi connectivity index (χ0v) is 16.5. The molecule has 0 aromatic heterocycles. The van der Waals surface area contributed by atoms with Gasteiger partial charge in [-0.25, -0.2) is 0 Å². The molecular formula is C23H36N2O. The van der Waals surface area contributed by atoms with Crippen molar-refractivity contribution in [1.29, 1.82) is 0 Å². The van der Waals surface area contributed by atoms with Crippen LogP contribution in [0.2, 0.25) is 0 Å². The Balaban J connectivity index is 1.55.